The molecule has 0 aliphatic carbocycles. The Balaban J connectivity index is 1.67. The van der Waals surface area contributed by atoms with Crippen LogP contribution in [0.4, 0.5) is 11.1 Å². The third-order valence-corrected chi connectivity index (χ3v) is 8.69. The summed E-state index contributed by atoms with van der Waals surface area (Å²) in [5.41, 5.74) is 12.8. The maximum absolute atomic E-state index is 12.9. The lowest BCUT2D eigenvalue weighted by Gasteiger charge is -2.51. The van der Waals surface area contributed by atoms with Gasteiger partial charge < -0.3 is 31.7 Å². The summed E-state index contributed by atoms with van der Waals surface area (Å²) >= 11 is 3.44. The van der Waals surface area contributed by atoms with Gasteiger partial charge in [0.15, 0.2) is 15.6 Å². The van der Waals surface area contributed by atoms with Crippen molar-refractivity contribution in [1.29, 1.82) is 0 Å². The summed E-state index contributed by atoms with van der Waals surface area (Å²) in [5, 5.41) is 18.3. The van der Waals surface area contributed by atoms with Crippen molar-refractivity contribution in [3.8, 4) is 0 Å². The topological polar surface area (TPSA) is 228 Å². The Morgan fingerprint density at radius 2 is 2.24 bits per heavy atom. The first-order valence-corrected chi connectivity index (χ1v) is 13.1. The van der Waals surface area contributed by atoms with Gasteiger partial charge in [-0.15, -0.1) is 11.3 Å². The molecule has 1 unspecified atom stereocenters. The number of fused-ring (bicyclic) bond motifs is 2. The number of aromatic nitrogens is 5. The van der Waals surface area contributed by atoms with Crippen molar-refractivity contribution < 1.29 is 24.3 Å². The zero-order valence-corrected chi connectivity index (χ0v) is 21.3. The number of hydrogen-bond donors (Lipinski definition) is 5. The number of β-lactam (4-membered cyclic amide) rings is 1. The molecule has 3 aromatic rings. The molecular weight excluding hydrogens is 544 g/mol. The van der Waals surface area contributed by atoms with Gasteiger partial charge in [-0.1, -0.05) is 28.7 Å². The van der Waals surface area contributed by atoms with E-state index in [4.69, 9.17) is 11.5 Å². The maximum Gasteiger partial charge on any atom is 0.352 e. The summed E-state index contributed by atoms with van der Waals surface area (Å²) < 4.78 is 0. The van der Waals surface area contributed by atoms with E-state index in [9.17, 15) is 19.5 Å². The fourth-order valence-electron chi connectivity index (χ4n) is 3.95. The molecule has 15 nitrogen and oxygen atoms in total. The Morgan fingerprint density at radius 3 is 2.92 bits per heavy atom. The summed E-state index contributed by atoms with van der Waals surface area (Å²) in [6.45, 7) is 0. The molecule has 0 radical (unpaired) electrons. The van der Waals surface area contributed by atoms with Crippen LogP contribution < -0.4 is 16.8 Å². The van der Waals surface area contributed by atoms with Gasteiger partial charge in [-0.2, -0.15) is 4.98 Å². The minimum Gasteiger partial charge on any atom is -0.477 e. The van der Waals surface area contributed by atoms with Crippen LogP contribution in [0.2, 0.25) is 0 Å². The number of nitrogens with one attached hydrogen (secondary N) is 2. The predicted octanol–water partition coefficient (Wildman–Crippen LogP) is 0.311. The number of aliphatic carboxylic acids is 1. The van der Waals surface area contributed by atoms with Crippen LogP contribution in [0.3, 0.4) is 0 Å². The quantitative estimate of drug-likeness (QED) is 0.0819. The van der Waals surface area contributed by atoms with E-state index >= 15 is 0 Å². The third-order valence-electron chi connectivity index (χ3n) is 5.45. The number of carbonyl (C=O) groups is 3. The van der Waals surface area contributed by atoms with E-state index < -0.39 is 22.1 Å². The summed E-state index contributed by atoms with van der Waals surface area (Å²) in [7, 11) is 1.28. The number of nitrogens with two attached hydrogens (primary N) is 2. The SMILES string of the molecule is CON=CC(=O)NC1(c2csc(N)n2)S[C@H]2CC(=O)N2C(C(=O)O)=C1CSc1nc(N)nc2nc[nH]c12. The summed E-state index contributed by atoms with van der Waals surface area (Å²) in [5.74, 6) is -2.41. The van der Waals surface area contributed by atoms with Gasteiger partial charge in [0.25, 0.3) is 5.91 Å². The van der Waals surface area contributed by atoms with Gasteiger partial charge in [0.05, 0.1) is 23.8 Å². The lowest BCUT2D eigenvalue weighted by Crippen LogP contribution is -2.61. The van der Waals surface area contributed by atoms with E-state index in [0.29, 0.717) is 21.9 Å². The van der Waals surface area contributed by atoms with Crippen LogP contribution in [-0.4, -0.2) is 77.2 Å². The molecule has 2 aliphatic rings. The second kappa shape index (κ2) is 9.52. The zero-order valence-electron chi connectivity index (χ0n) is 18.9. The van der Waals surface area contributed by atoms with Crippen LogP contribution in [0.5, 0.6) is 0 Å². The second-order valence-corrected chi connectivity index (χ2v) is 10.9. The van der Waals surface area contributed by atoms with Crippen LogP contribution in [0.25, 0.3) is 11.2 Å². The van der Waals surface area contributed by atoms with E-state index in [1.807, 2.05) is 0 Å². The monoisotopic (exact) mass is 562 g/mol. The highest BCUT2D eigenvalue weighted by atomic mass is 32.2. The Kier molecular flexibility index (Phi) is 6.38. The number of nitrogens with zero attached hydrogens (tertiary/aromatic N) is 6. The molecule has 5 rings (SSSR count). The van der Waals surface area contributed by atoms with E-state index in [-0.39, 0.29) is 40.4 Å². The van der Waals surface area contributed by atoms with Crippen LogP contribution in [0.15, 0.2) is 33.2 Å². The van der Waals surface area contributed by atoms with Gasteiger partial charge in [-0.25, -0.2) is 19.7 Å². The third kappa shape index (κ3) is 4.31. The average Bonchev–Trinajstić information content (AvgIpc) is 3.50. The first kappa shape index (κ1) is 24.8. The van der Waals surface area contributed by atoms with E-state index in [1.54, 1.807) is 5.38 Å². The summed E-state index contributed by atoms with van der Waals surface area (Å²) in [4.78, 5) is 62.0. The fourth-order valence-corrected chi connectivity index (χ4v) is 7.47. The molecular formula is C19H18N10O5S3. The number of rotatable bonds is 8. The molecule has 192 valence electrons. The lowest BCUT2D eigenvalue weighted by molar-refractivity contribution is -0.146. The summed E-state index contributed by atoms with van der Waals surface area (Å²) in [6, 6.07) is 0. The Hall–Kier alpha value is -3.90. The number of imidazole rings is 1. The molecule has 2 atom stereocenters. The highest BCUT2D eigenvalue weighted by Gasteiger charge is 2.56. The number of oxime groups is 1. The Bertz CT molecular complexity index is 1490. The number of nitrogen functional groups attached to an aromatic ring is 2. The van der Waals surface area contributed by atoms with Crippen molar-refractivity contribution in [2.45, 2.75) is 21.7 Å². The standard InChI is InChI=1S/C19H18N10O5S3/c1-34-24-3-9(30)28-19(8-5-36-18(21)25-8)7(13(16(32)33)29-10(31)2-11(29)37-19)4-35-15-12-14(23-6-22-12)26-17(20)27-15/h3,5-6,11H,2,4H2,1H3,(H2,21,25)(H,28,30)(H,32,33)(H3,20,22,23,26,27)/t11-,19?/m0/s1. The Morgan fingerprint density at radius 1 is 1.43 bits per heavy atom. The number of thiazole rings is 1. The lowest BCUT2D eigenvalue weighted by atomic mass is 9.98. The van der Waals surface area contributed by atoms with Gasteiger partial charge >= 0.3 is 5.97 Å². The number of carboxylic acid groups (broad SMARTS) is 1. The molecule has 1 saturated heterocycles. The number of carbonyl (C=O) groups excluding carboxylic acids is 2. The second-order valence-electron chi connectivity index (χ2n) is 7.61. The van der Waals surface area contributed by atoms with Crippen LogP contribution >= 0.6 is 34.9 Å². The zero-order chi connectivity index (χ0) is 26.3. The molecule has 1 fully saturated rings. The fraction of sp³-hybridized carbons (Fsp3) is 0.263. The van der Waals surface area contributed by atoms with Crippen molar-refractivity contribution in [2.24, 2.45) is 5.16 Å². The number of amides is 2. The molecule has 5 heterocycles. The molecule has 0 bridgehead atoms. The molecule has 2 aliphatic heterocycles. The minimum atomic E-state index is -1.50. The normalized spacial score (nSPS) is 21.3. The number of carboxylic acids is 1. The van der Waals surface area contributed by atoms with Crippen LogP contribution in [0, 0.1) is 0 Å². The van der Waals surface area contributed by atoms with E-state index in [0.717, 1.165) is 29.3 Å². The van der Waals surface area contributed by atoms with Gasteiger partial charge in [-0.05, 0) is 0 Å². The number of anilines is 2. The smallest absolute Gasteiger partial charge is 0.352 e. The van der Waals surface area contributed by atoms with Crippen molar-refractivity contribution >= 4 is 81.1 Å². The largest absolute Gasteiger partial charge is 0.477 e. The van der Waals surface area contributed by atoms with Gasteiger partial charge in [0.1, 0.15) is 29.6 Å². The molecule has 0 saturated carbocycles. The van der Waals surface area contributed by atoms with Gasteiger partial charge in [-0.3, -0.25) is 14.5 Å². The van der Waals surface area contributed by atoms with Gasteiger partial charge in [0.2, 0.25) is 11.9 Å². The van der Waals surface area contributed by atoms with E-state index in [1.165, 1.54) is 30.1 Å². The van der Waals surface area contributed by atoms with Crippen LogP contribution in [-0.2, 0) is 24.1 Å². The first-order chi connectivity index (χ1) is 17.7. The highest BCUT2D eigenvalue weighted by Crippen LogP contribution is 2.55. The summed E-state index contributed by atoms with van der Waals surface area (Å²) in [6.07, 6.45) is 2.44. The molecule has 2 amide bonds. The van der Waals surface area contributed by atoms with Crippen molar-refractivity contribution in [3.05, 3.63) is 28.7 Å². The minimum absolute atomic E-state index is 0.0202. The molecule has 37 heavy (non-hydrogen) atoms. The van der Waals surface area contributed by atoms with Crippen LogP contribution in [0.1, 0.15) is 12.1 Å². The molecule has 0 aromatic carbocycles. The van der Waals surface area contributed by atoms with E-state index in [2.05, 4.69) is 40.2 Å². The van der Waals surface area contributed by atoms with Gasteiger partial charge in [0, 0.05) is 16.7 Å². The number of H-pyrrole nitrogens is 1. The highest BCUT2D eigenvalue weighted by molar-refractivity contribution is 8.01. The number of aromatic amines is 1. The number of hydrogen-bond acceptors (Lipinski definition) is 14. The molecule has 0 spiro atoms. The van der Waals surface area contributed by atoms with Crippen molar-refractivity contribution in [3.63, 3.8) is 0 Å². The molecule has 18 heteroatoms. The maximum atomic E-state index is 12.9. The van der Waals surface area contributed by atoms with Crippen molar-refractivity contribution in [2.75, 3.05) is 24.3 Å². The van der Waals surface area contributed by atoms with Crippen molar-refractivity contribution in [1.82, 2.24) is 35.1 Å². The predicted molar refractivity (Wildman–Crippen MR) is 136 cm³/mol. The number of thioether (sulfide) groups is 2. The first-order valence-electron chi connectivity index (χ1n) is 10.4. The molecule has 3 aromatic heterocycles. The average molecular weight is 563 g/mol. The Labute approximate surface area is 220 Å². The molecule has 7 N–H and O–H groups in total.